The predicted molar refractivity (Wildman–Crippen MR) is 272 cm³/mol. The summed E-state index contributed by atoms with van der Waals surface area (Å²) < 4.78 is 85.2. The zero-order valence-electron chi connectivity index (χ0n) is 40.4. The van der Waals surface area contributed by atoms with E-state index in [-0.39, 0.29) is 29.0 Å². The third-order valence-corrected chi connectivity index (χ3v) is 12.1. The van der Waals surface area contributed by atoms with E-state index >= 15 is 0 Å². The van der Waals surface area contributed by atoms with Gasteiger partial charge in [0, 0.05) is 85.3 Å². The highest BCUT2D eigenvalue weighted by Crippen LogP contribution is 2.26. The predicted octanol–water partition coefficient (Wildman–Crippen LogP) is 8.75. The Bertz CT molecular complexity index is 2940. The molecule has 0 unspecified atom stereocenters. The third kappa shape index (κ3) is 17.1. The Hall–Kier alpha value is -6.94. The molecule has 14 nitrogen and oxygen atoms in total. The van der Waals surface area contributed by atoms with Gasteiger partial charge in [0.1, 0.15) is 22.6 Å². The van der Waals surface area contributed by atoms with Crippen molar-refractivity contribution in [3.05, 3.63) is 180 Å². The van der Waals surface area contributed by atoms with Crippen LogP contribution >= 0.6 is 15.9 Å². The number of pyridine rings is 2. The van der Waals surface area contributed by atoms with Crippen LogP contribution in [0.1, 0.15) is 43.2 Å². The number of aromatic nitrogens is 2. The minimum Gasteiger partial charge on any atom is -0.406 e. The maximum Gasteiger partial charge on any atom is 0.573 e. The van der Waals surface area contributed by atoms with Crippen molar-refractivity contribution >= 4 is 44.8 Å². The third-order valence-electron chi connectivity index (χ3n) is 11.7. The van der Waals surface area contributed by atoms with Gasteiger partial charge in [-0.3, -0.25) is 19.2 Å². The first-order valence-electron chi connectivity index (χ1n) is 23.0. The van der Waals surface area contributed by atoms with E-state index in [1.54, 1.807) is 26.0 Å². The number of nitrogens with zero attached hydrogens (tertiary/aromatic N) is 5. The van der Waals surface area contributed by atoms with Crippen molar-refractivity contribution in [1.82, 2.24) is 24.3 Å². The number of aryl methyl sites for hydroxylation is 2. The molecule has 0 saturated carbocycles. The first kappa shape index (κ1) is 55.4. The van der Waals surface area contributed by atoms with Crippen LogP contribution in [-0.4, -0.2) is 110 Å². The Balaban J connectivity index is 0.000000212. The van der Waals surface area contributed by atoms with E-state index in [1.165, 1.54) is 58.6 Å². The monoisotopic (exact) mass is 1080 g/mol. The van der Waals surface area contributed by atoms with Crippen molar-refractivity contribution in [2.75, 3.05) is 82.0 Å². The number of ether oxygens (including phenoxy) is 2. The van der Waals surface area contributed by atoms with E-state index in [9.17, 15) is 45.5 Å². The fourth-order valence-corrected chi connectivity index (χ4v) is 8.10. The maximum absolute atomic E-state index is 13.2. The van der Waals surface area contributed by atoms with Gasteiger partial charge in [-0.1, -0.05) is 40.2 Å². The Morgan fingerprint density at radius 2 is 1.00 bits per heavy atom. The quantitative estimate of drug-likeness (QED) is 0.108. The van der Waals surface area contributed by atoms with Gasteiger partial charge in [0.2, 0.25) is 0 Å². The van der Waals surface area contributed by atoms with Crippen LogP contribution in [0, 0.1) is 13.8 Å². The summed E-state index contributed by atoms with van der Waals surface area (Å²) in [7, 11) is 4.25. The highest BCUT2D eigenvalue weighted by Gasteiger charge is 2.32. The second kappa shape index (κ2) is 25.1. The van der Waals surface area contributed by atoms with Crippen molar-refractivity contribution in [2.45, 2.75) is 39.7 Å². The molecule has 388 valence electrons. The number of amides is 2. The number of nitrogens with one attached hydrogen (secondary N) is 3. The van der Waals surface area contributed by atoms with E-state index < -0.39 is 47.2 Å². The van der Waals surface area contributed by atoms with Crippen LogP contribution in [0.4, 0.5) is 43.4 Å². The second-order valence-electron chi connectivity index (χ2n) is 17.3. The first-order valence-corrected chi connectivity index (χ1v) is 23.8. The molecule has 0 aliphatic carbocycles. The molecule has 2 saturated heterocycles. The Morgan fingerprint density at radius 3 is 1.41 bits per heavy atom. The number of alkyl halides is 6. The Morgan fingerprint density at radius 1 is 0.575 bits per heavy atom. The highest BCUT2D eigenvalue weighted by molar-refractivity contribution is 9.10. The topological polar surface area (TPSA) is 142 Å². The van der Waals surface area contributed by atoms with Crippen molar-refractivity contribution in [3.63, 3.8) is 0 Å². The van der Waals surface area contributed by atoms with Crippen LogP contribution in [0.3, 0.4) is 0 Å². The van der Waals surface area contributed by atoms with E-state index in [4.69, 9.17) is 0 Å². The number of carbonyl (C=O) groups excluding carboxylic acids is 2. The van der Waals surface area contributed by atoms with Crippen molar-refractivity contribution in [2.24, 2.45) is 0 Å². The summed E-state index contributed by atoms with van der Waals surface area (Å²) >= 11 is 3.39. The standard InChI is InChI=1S/C26H27F3N4O3.C21H16BrF3N2O3.C5H12N2/c1-18-6-11-23(24(34)30-20-7-9-22(10-8-20)36-26(27,28)29)25(35)33(18)17-19-4-3-5-21(16-19)32-14-12-31(2)13-15-32;1-13-5-10-18(20(29)27(13)12-14-3-2-4-15(22)11-14)19(28)26-16-6-8-17(9-7-16)30-21(23,24)25;1-7-4-2-6-3-5-7/h3-11,16H,12-15,17H2,1-2H3,(H,30,34);2-11H,12H2,1H3,(H,26,28);6H,2-5H2,1H3. The van der Waals surface area contributed by atoms with Gasteiger partial charge in [-0.15, -0.1) is 26.3 Å². The molecule has 2 aliphatic heterocycles. The van der Waals surface area contributed by atoms with Crippen molar-refractivity contribution in [3.8, 4) is 11.5 Å². The zero-order valence-corrected chi connectivity index (χ0v) is 42.0. The number of hydrogen-bond acceptors (Lipinski definition) is 10. The van der Waals surface area contributed by atoms with E-state index in [2.05, 4.69) is 82.3 Å². The lowest BCUT2D eigenvalue weighted by atomic mass is 10.1. The van der Waals surface area contributed by atoms with Gasteiger partial charge in [0.15, 0.2) is 0 Å². The summed E-state index contributed by atoms with van der Waals surface area (Å²) in [5.41, 5.74) is 3.71. The largest absolute Gasteiger partial charge is 0.573 e. The summed E-state index contributed by atoms with van der Waals surface area (Å²) in [6.45, 7) is 12.7. The van der Waals surface area contributed by atoms with E-state index in [0.29, 0.717) is 17.9 Å². The lowest BCUT2D eigenvalue weighted by Crippen LogP contribution is -2.44. The average Bonchev–Trinajstić information content (AvgIpc) is 3.33. The van der Waals surface area contributed by atoms with Gasteiger partial charge in [0.25, 0.3) is 22.9 Å². The lowest BCUT2D eigenvalue weighted by molar-refractivity contribution is -0.275. The number of halogens is 7. The normalized spacial score (nSPS) is 14.2. The molecule has 0 radical (unpaired) electrons. The van der Waals surface area contributed by atoms with Gasteiger partial charge >= 0.3 is 12.7 Å². The van der Waals surface area contributed by atoms with Crippen LogP contribution in [0.5, 0.6) is 11.5 Å². The number of benzene rings is 4. The average molecular weight is 1080 g/mol. The lowest BCUT2D eigenvalue weighted by Gasteiger charge is -2.34. The van der Waals surface area contributed by atoms with Gasteiger partial charge in [0.05, 0.1) is 13.1 Å². The van der Waals surface area contributed by atoms with E-state index in [0.717, 1.165) is 84.8 Å². The molecule has 2 fully saturated rings. The molecule has 21 heteroatoms. The summed E-state index contributed by atoms with van der Waals surface area (Å²) in [5, 5.41) is 8.34. The van der Waals surface area contributed by atoms with Crippen LogP contribution in [0.25, 0.3) is 0 Å². The SMILES string of the molecule is CN1CCNCC1.Cc1ccc(C(=O)Nc2ccc(OC(F)(F)F)cc2)c(=O)n1Cc1cccc(Br)c1.Cc1ccc(C(=O)Nc2ccc(OC(F)(F)F)cc2)c(=O)n1Cc1cccc(N2CCN(C)CC2)c1. The molecule has 3 N–H and O–H groups in total. The van der Waals surface area contributed by atoms with Gasteiger partial charge < -0.3 is 49.3 Å². The molecule has 0 bridgehead atoms. The summed E-state index contributed by atoms with van der Waals surface area (Å²) in [4.78, 5) is 58.4. The number of rotatable bonds is 11. The van der Waals surface area contributed by atoms with Crippen molar-refractivity contribution < 1.29 is 45.4 Å². The molecular weight excluding hydrogens is 1030 g/mol. The van der Waals surface area contributed by atoms with Gasteiger partial charge in [-0.2, -0.15) is 0 Å². The molecule has 8 rings (SSSR count). The zero-order chi connectivity index (χ0) is 52.9. The summed E-state index contributed by atoms with van der Waals surface area (Å²) in [5.74, 6) is -2.12. The molecular formula is C52H55BrF6N8O6. The van der Waals surface area contributed by atoms with Crippen LogP contribution in [0.2, 0.25) is 0 Å². The molecule has 2 amide bonds. The summed E-state index contributed by atoms with van der Waals surface area (Å²) in [6.07, 6.45) is -9.60. The highest BCUT2D eigenvalue weighted by atomic mass is 79.9. The smallest absolute Gasteiger partial charge is 0.406 e. The number of likely N-dealkylation sites (N-methyl/N-ethyl adjacent to an activating group) is 2. The van der Waals surface area contributed by atoms with Crippen molar-refractivity contribution in [1.29, 1.82) is 0 Å². The molecule has 2 aromatic heterocycles. The van der Waals surface area contributed by atoms with Gasteiger partial charge in [-0.25, -0.2) is 0 Å². The molecule has 0 spiro atoms. The Labute approximate surface area is 426 Å². The van der Waals surface area contributed by atoms with E-state index in [1.807, 2.05) is 36.4 Å². The maximum atomic E-state index is 13.2. The number of piperazine rings is 2. The molecule has 4 aromatic carbocycles. The molecule has 4 heterocycles. The number of carbonyl (C=O) groups is 2. The van der Waals surface area contributed by atoms with Crippen LogP contribution < -0.4 is 41.4 Å². The fourth-order valence-electron chi connectivity index (χ4n) is 7.65. The minimum absolute atomic E-state index is 0.0635. The molecule has 0 atom stereocenters. The minimum atomic E-state index is -4.80. The van der Waals surface area contributed by atoms with Crippen LogP contribution in [-0.2, 0) is 13.1 Å². The fraction of sp³-hybridized carbons (Fsp3) is 0.308. The number of anilines is 3. The second-order valence-corrected chi connectivity index (χ2v) is 18.2. The van der Waals surface area contributed by atoms with Gasteiger partial charge in [-0.05, 0) is 136 Å². The molecule has 2 aliphatic rings. The molecule has 73 heavy (non-hydrogen) atoms. The summed E-state index contributed by atoms with van der Waals surface area (Å²) in [6, 6.07) is 31.1. The van der Waals surface area contributed by atoms with Crippen LogP contribution in [0.15, 0.2) is 135 Å². The molecule has 6 aromatic rings. The number of hydrogen-bond donors (Lipinski definition) is 3. The Kier molecular flexibility index (Phi) is 19.1. The first-order chi connectivity index (χ1) is 34.6.